The molecular weight excluding hydrogens is 212 g/mol. The first-order chi connectivity index (χ1) is 5.17. The number of alkyl halides is 5. The van der Waals surface area contributed by atoms with Gasteiger partial charge in [-0.15, -0.1) is 0 Å². The van der Waals surface area contributed by atoms with Gasteiger partial charge in [0.15, 0.2) is 0 Å². The fraction of sp³-hybridized carbons (Fsp3) is 0.714. The molecule has 0 saturated carbocycles. The first kappa shape index (κ1) is 12.1. The van der Waals surface area contributed by atoms with Crippen molar-refractivity contribution >= 4 is 23.2 Å². The van der Waals surface area contributed by atoms with E-state index in [4.69, 9.17) is 11.6 Å². The van der Waals surface area contributed by atoms with Gasteiger partial charge < -0.3 is 0 Å². The van der Waals surface area contributed by atoms with Crippen LogP contribution in [0.5, 0.6) is 0 Å². The molecule has 0 amide bonds. The predicted octanol–water partition coefficient (Wildman–Crippen LogP) is 4.08. The minimum Gasteiger partial charge on any atom is -0.218 e. The molecule has 0 aromatic carbocycles. The van der Waals surface area contributed by atoms with Gasteiger partial charge in [-0.25, -0.2) is 4.39 Å². The lowest BCUT2D eigenvalue weighted by Gasteiger charge is -2.20. The molecule has 1 atom stereocenters. The minimum absolute atomic E-state index is 0.604. The van der Waals surface area contributed by atoms with E-state index in [1.807, 2.05) is 0 Å². The highest BCUT2D eigenvalue weighted by molar-refractivity contribution is 6.32. The molecule has 0 nitrogen and oxygen atoms in total. The van der Waals surface area contributed by atoms with Gasteiger partial charge in [0, 0.05) is 6.42 Å². The van der Waals surface area contributed by atoms with Crippen LogP contribution in [0.4, 0.5) is 13.2 Å². The van der Waals surface area contributed by atoms with E-state index in [1.165, 1.54) is 6.08 Å². The summed E-state index contributed by atoms with van der Waals surface area (Å²) < 4.78 is 37.2. The molecule has 0 fully saturated rings. The molecule has 0 aliphatic heterocycles. The third-order valence-corrected chi connectivity index (χ3v) is 1.97. The molecule has 0 aliphatic rings. The number of allylic oxidation sites excluding steroid dienone is 2. The molecule has 72 valence electrons. The van der Waals surface area contributed by atoms with Gasteiger partial charge in [0.2, 0.25) is 0 Å². The molecule has 1 unspecified atom stereocenters. The molecule has 0 rings (SSSR count). The lowest BCUT2D eigenvalue weighted by molar-refractivity contribution is -0.0179. The smallest absolute Gasteiger partial charge is 0.218 e. The Morgan fingerprint density at radius 1 is 1.25 bits per heavy atom. The van der Waals surface area contributed by atoms with Crippen LogP contribution >= 0.6 is 23.2 Å². The monoisotopic (exact) mass is 220 g/mol. The van der Waals surface area contributed by atoms with E-state index in [0.717, 1.165) is 0 Å². The molecule has 5 heteroatoms. The fourth-order valence-electron chi connectivity index (χ4n) is 0.448. The van der Waals surface area contributed by atoms with E-state index in [9.17, 15) is 13.2 Å². The van der Waals surface area contributed by atoms with Gasteiger partial charge in [-0.2, -0.15) is 8.78 Å². The van der Waals surface area contributed by atoms with Crippen molar-refractivity contribution in [3.63, 3.8) is 0 Å². The summed E-state index contributed by atoms with van der Waals surface area (Å²) in [6.07, 6.45) is 0.663. The Morgan fingerprint density at radius 2 is 1.67 bits per heavy atom. The van der Waals surface area contributed by atoms with Crippen molar-refractivity contribution in [3.8, 4) is 0 Å². The third-order valence-electron chi connectivity index (χ3n) is 1.18. The number of hydrogen-bond acceptors (Lipinski definition) is 0. The largest absolute Gasteiger partial charge is 0.369 e. The topological polar surface area (TPSA) is 0 Å². The second-order valence-corrected chi connectivity index (χ2v) is 3.76. The van der Waals surface area contributed by atoms with Crippen LogP contribution in [-0.2, 0) is 0 Å². The maximum atomic E-state index is 12.8. The van der Waals surface area contributed by atoms with Crippen LogP contribution in [0.2, 0.25) is 0 Å². The zero-order chi connectivity index (χ0) is 9.99. The summed E-state index contributed by atoms with van der Waals surface area (Å²) in [5.74, 6) is 0. The van der Waals surface area contributed by atoms with Gasteiger partial charge in [0.25, 0.3) is 5.13 Å². The van der Waals surface area contributed by atoms with Crippen molar-refractivity contribution < 1.29 is 13.2 Å². The Bertz CT molecular complexity index is 178. The van der Waals surface area contributed by atoms with Crippen LogP contribution < -0.4 is 0 Å². The molecule has 0 heterocycles. The maximum Gasteiger partial charge on any atom is 0.369 e. The van der Waals surface area contributed by atoms with Crippen LogP contribution in [-0.4, -0.2) is 10.5 Å². The summed E-state index contributed by atoms with van der Waals surface area (Å²) in [5, 5.41) is -7.24. The second-order valence-electron chi connectivity index (χ2n) is 2.69. The van der Waals surface area contributed by atoms with Crippen LogP contribution in [0.25, 0.3) is 0 Å². The lowest BCUT2D eigenvalue weighted by atomic mass is 10.2. The SMILES string of the molecule is CC(C)=CCC(F)(Cl)C(F)(F)Cl. The molecule has 0 bridgehead atoms. The summed E-state index contributed by atoms with van der Waals surface area (Å²) in [6.45, 7) is 3.30. The molecule has 0 N–H and O–H groups in total. The van der Waals surface area contributed by atoms with Crippen molar-refractivity contribution in [2.24, 2.45) is 0 Å². The van der Waals surface area contributed by atoms with Gasteiger partial charge in [0.1, 0.15) is 0 Å². The predicted molar refractivity (Wildman–Crippen MR) is 44.5 cm³/mol. The van der Waals surface area contributed by atoms with Crippen molar-refractivity contribution in [3.05, 3.63) is 11.6 Å². The lowest BCUT2D eigenvalue weighted by Crippen LogP contribution is -2.33. The summed E-state index contributed by atoms with van der Waals surface area (Å²) in [6, 6.07) is 0. The summed E-state index contributed by atoms with van der Waals surface area (Å²) in [7, 11) is 0. The van der Waals surface area contributed by atoms with E-state index >= 15 is 0 Å². The minimum atomic E-state index is -4.04. The zero-order valence-electron chi connectivity index (χ0n) is 6.67. The quantitative estimate of drug-likeness (QED) is 0.497. The van der Waals surface area contributed by atoms with Gasteiger partial charge >= 0.3 is 5.38 Å². The van der Waals surface area contributed by atoms with Crippen LogP contribution in [0.1, 0.15) is 20.3 Å². The fourth-order valence-corrected chi connectivity index (χ4v) is 0.602. The molecule has 0 aromatic heterocycles. The van der Waals surface area contributed by atoms with Crippen LogP contribution in [0.15, 0.2) is 11.6 Å². The Balaban J connectivity index is 4.34. The van der Waals surface area contributed by atoms with Gasteiger partial charge in [-0.3, -0.25) is 0 Å². The van der Waals surface area contributed by atoms with Crippen molar-refractivity contribution in [1.29, 1.82) is 0 Å². The average Bonchev–Trinajstić information content (AvgIpc) is 1.81. The van der Waals surface area contributed by atoms with E-state index in [1.54, 1.807) is 13.8 Å². The van der Waals surface area contributed by atoms with Gasteiger partial charge in [-0.05, 0) is 25.4 Å². The van der Waals surface area contributed by atoms with Gasteiger partial charge in [0.05, 0.1) is 0 Å². The Labute approximate surface area is 79.3 Å². The third kappa shape index (κ3) is 3.68. The van der Waals surface area contributed by atoms with E-state index < -0.39 is 16.9 Å². The number of hydrogen-bond donors (Lipinski definition) is 0. The normalized spacial score (nSPS) is 16.9. The molecular formula is C7H9Cl2F3. The standard InChI is InChI=1S/C7H9Cl2F3/c1-5(2)3-4-6(8,10)7(9,11)12/h3H,4H2,1-2H3. The van der Waals surface area contributed by atoms with Gasteiger partial charge in [-0.1, -0.05) is 23.3 Å². The van der Waals surface area contributed by atoms with E-state index in [2.05, 4.69) is 11.6 Å². The molecule has 0 radical (unpaired) electrons. The summed E-state index contributed by atoms with van der Waals surface area (Å²) in [5.41, 5.74) is 0.707. The molecule has 0 aromatic rings. The van der Waals surface area contributed by atoms with Crippen LogP contribution in [0.3, 0.4) is 0 Å². The Hall–Kier alpha value is 0.110. The highest BCUT2D eigenvalue weighted by atomic mass is 35.5. The van der Waals surface area contributed by atoms with Crippen molar-refractivity contribution in [2.45, 2.75) is 30.8 Å². The Kier molecular flexibility index (Phi) is 3.91. The van der Waals surface area contributed by atoms with E-state index in [0.29, 0.717) is 5.57 Å². The first-order valence-corrected chi connectivity index (χ1v) is 4.00. The molecule has 0 saturated heterocycles. The number of halogens is 5. The average molecular weight is 221 g/mol. The van der Waals surface area contributed by atoms with Crippen molar-refractivity contribution in [2.75, 3.05) is 0 Å². The number of rotatable bonds is 3. The van der Waals surface area contributed by atoms with Crippen molar-refractivity contribution in [1.82, 2.24) is 0 Å². The summed E-state index contributed by atoms with van der Waals surface area (Å²) in [4.78, 5) is 0. The Morgan fingerprint density at radius 3 is 1.92 bits per heavy atom. The molecule has 12 heavy (non-hydrogen) atoms. The van der Waals surface area contributed by atoms with E-state index in [-0.39, 0.29) is 0 Å². The molecule has 0 aliphatic carbocycles. The maximum absolute atomic E-state index is 12.8. The molecule has 0 spiro atoms. The second kappa shape index (κ2) is 3.88. The summed E-state index contributed by atoms with van der Waals surface area (Å²) >= 11 is 9.30. The van der Waals surface area contributed by atoms with Crippen LogP contribution in [0, 0.1) is 0 Å². The zero-order valence-corrected chi connectivity index (χ0v) is 8.19. The highest BCUT2D eigenvalue weighted by Crippen LogP contribution is 2.42. The highest BCUT2D eigenvalue weighted by Gasteiger charge is 2.51. The first-order valence-electron chi connectivity index (χ1n) is 3.25.